The normalized spacial score (nSPS) is 11.6. The maximum absolute atomic E-state index is 13.1. The summed E-state index contributed by atoms with van der Waals surface area (Å²) in [6, 6.07) is 1.48. The first kappa shape index (κ1) is 12.5. The fourth-order valence-electron chi connectivity index (χ4n) is 0.847. The highest BCUT2D eigenvalue weighted by Crippen LogP contribution is 2.32. The SMILES string of the molecule is CCOC(=O)C(F)=Cc1cc(Cl)sc1Cl. The van der Waals surface area contributed by atoms with Gasteiger partial charge in [0.15, 0.2) is 0 Å². The van der Waals surface area contributed by atoms with Crippen molar-refractivity contribution in [1.29, 1.82) is 0 Å². The molecule has 0 bridgehead atoms. The number of halogens is 3. The van der Waals surface area contributed by atoms with Crippen molar-refractivity contribution in [3.05, 3.63) is 26.1 Å². The molecule has 0 aliphatic heterocycles. The second-order valence-corrected chi connectivity index (χ2v) is 4.78. The number of ether oxygens (including phenoxy) is 1. The molecule has 0 saturated heterocycles. The Morgan fingerprint density at radius 2 is 2.33 bits per heavy atom. The summed E-state index contributed by atoms with van der Waals surface area (Å²) in [7, 11) is 0. The van der Waals surface area contributed by atoms with Gasteiger partial charge in [0.05, 0.1) is 10.9 Å². The molecule has 0 atom stereocenters. The number of rotatable bonds is 3. The number of hydrogen-bond donors (Lipinski definition) is 0. The summed E-state index contributed by atoms with van der Waals surface area (Å²) in [5.41, 5.74) is 0.372. The minimum Gasteiger partial charge on any atom is -0.461 e. The van der Waals surface area contributed by atoms with Crippen LogP contribution in [0.2, 0.25) is 8.67 Å². The van der Waals surface area contributed by atoms with Gasteiger partial charge in [-0.05, 0) is 19.1 Å². The lowest BCUT2D eigenvalue weighted by Crippen LogP contribution is -2.03. The first-order valence-corrected chi connectivity index (χ1v) is 5.61. The molecule has 0 aliphatic rings. The quantitative estimate of drug-likeness (QED) is 0.614. The third-order valence-electron chi connectivity index (χ3n) is 1.44. The summed E-state index contributed by atoms with van der Waals surface area (Å²) in [5.74, 6) is -2.00. The zero-order valence-electron chi connectivity index (χ0n) is 7.72. The smallest absolute Gasteiger partial charge is 0.367 e. The summed E-state index contributed by atoms with van der Waals surface area (Å²) in [6.07, 6.45) is 1.00. The molecule has 0 unspecified atom stereocenters. The molecule has 0 fully saturated rings. The highest BCUT2D eigenvalue weighted by Gasteiger charge is 2.12. The van der Waals surface area contributed by atoms with Crippen molar-refractivity contribution in [1.82, 2.24) is 0 Å². The van der Waals surface area contributed by atoms with Crippen LogP contribution in [-0.2, 0) is 9.53 Å². The van der Waals surface area contributed by atoms with Gasteiger partial charge in [0.1, 0.15) is 4.34 Å². The molecule has 0 radical (unpaired) electrons. The van der Waals surface area contributed by atoms with Crippen LogP contribution in [0.5, 0.6) is 0 Å². The molecule has 1 aromatic heterocycles. The summed E-state index contributed by atoms with van der Waals surface area (Å²) in [5, 5.41) is 0. The molecule has 1 rings (SSSR count). The first-order valence-electron chi connectivity index (χ1n) is 4.03. The summed E-state index contributed by atoms with van der Waals surface area (Å²) < 4.78 is 18.4. The van der Waals surface area contributed by atoms with Gasteiger partial charge in [0.25, 0.3) is 0 Å². The van der Waals surface area contributed by atoms with Crippen LogP contribution in [0, 0.1) is 0 Å². The summed E-state index contributed by atoms with van der Waals surface area (Å²) in [4.78, 5) is 10.9. The predicted octanol–water partition coefficient (Wildman–Crippen LogP) is 3.93. The van der Waals surface area contributed by atoms with E-state index in [2.05, 4.69) is 4.74 Å². The van der Waals surface area contributed by atoms with E-state index in [4.69, 9.17) is 23.2 Å². The lowest BCUT2D eigenvalue weighted by molar-refractivity contribution is -0.140. The molecular formula is C9H7Cl2FO2S. The average molecular weight is 269 g/mol. The van der Waals surface area contributed by atoms with Crippen molar-refractivity contribution in [2.24, 2.45) is 0 Å². The van der Waals surface area contributed by atoms with E-state index in [9.17, 15) is 9.18 Å². The second-order valence-electron chi connectivity index (χ2n) is 2.49. The van der Waals surface area contributed by atoms with Gasteiger partial charge < -0.3 is 4.74 Å². The molecule has 0 N–H and O–H groups in total. The average Bonchev–Trinajstić information content (AvgIpc) is 2.45. The van der Waals surface area contributed by atoms with Gasteiger partial charge >= 0.3 is 5.97 Å². The van der Waals surface area contributed by atoms with E-state index in [1.807, 2.05) is 0 Å². The Morgan fingerprint density at radius 3 is 2.80 bits per heavy atom. The van der Waals surface area contributed by atoms with Crippen LogP contribution in [0.25, 0.3) is 6.08 Å². The highest BCUT2D eigenvalue weighted by atomic mass is 35.5. The molecular weight excluding hydrogens is 262 g/mol. The number of carbonyl (C=O) groups is 1. The molecule has 0 aromatic carbocycles. The number of thiophene rings is 1. The van der Waals surface area contributed by atoms with Gasteiger partial charge in [-0.1, -0.05) is 23.2 Å². The standard InChI is InChI=1S/C9H7Cl2FO2S/c1-2-14-9(13)6(12)3-5-4-7(10)15-8(5)11/h3-4H,2H2,1H3. The number of carbonyl (C=O) groups excluding carboxylic acids is 1. The number of esters is 1. The zero-order valence-corrected chi connectivity index (χ0v) is 10.0. The van der Waals surface area contributed by atoms with Gasteiger partial charge in [-0.25, -0.2) is 4.79 Å². The van der Waals surface area contributed by atoms with Gasteiger partial charge in [-0.3, -0.25) is 0 Å². The molecule has 15 heavy (non-hydrogen) atoms. The third-order valence-corrected chi connectivity index (χ3v) is 2.95. The highest BCUT2D eigenvalue weighted by molar-refractivity contribution is 7.20. The molecule has 2 nitrogen and oxygen atoms in total. The molecule has 6 heteroatoms. The Balaban J connectivity index is 2.87. The summed E-state index contributed by atoms with van der Waals surface area (Å²) in [6.45, 7) is 1.72. The van der Waals surface area contributed by atoms with Crippen molar-refractivity contribution >= 4 is 46.6 Å². The largest absolute Gasteiger partial charge is 0.461 e. The maximum Gasteiger partial charge on any atom is 0.367 e. The second kappa shape index (κ2) is 5.49. The third kappa shape index (κ3) is 3.48. The van der Waals surface area contributed by atoms with E-state index < -0.39 is 11.8 Å². The Kier molecular flexibility index (Phi) is 4.57. The van der Waals surface area contributed by atoms with Crippen molar-refractivity contribution in [3.8, 4) is 0 Å². The van der Waals surface area contributed by atoms with E-state index >= 15 is 0 Å². The Morgan fingerprint density at radius 1 is 1.67 bits per heavy atom. The van der Waals surface area contributed by atoms with Crippen molar-refractivity contribution < 1.29 is 13.9 Å². The van der Waals surface area contributed by atoms with Gasteiger partial charge in [-0.15, -0.1) is 11.3 Å². The lowest BCUT2D eigenvalue weighted by atomic mass is 10.3. The minimum atomic E-state index is -1.00. The maximum atomic E-state index is 13.1. The monoisotopic (exact) mass is 268 g/mol. The molecule has 1 heterocycles. The molecule has 1 aromatic rings. The fourth-order valence-corrected chi connectivity index (χ4v) is 2.27. The fraction of sp³-hybridized carbons (Fsp3) is 0.222. The minimum absolute atomic E-state index is 0.123. The lowest BCUT2D eigenvalue weighted by Gasteiger charge is -1.97. The van der Waals surface area contributed by atoms with E-state index in [-0.39, 0.29) is 6.61 Å². The Labute approximate surface area is 100 Å². The molecule has 0 aliphatic carbocycles. The van der Waals surface area contributed by atoms with Gasteiger partial charge in [-0.2, -0.15) is 4.39 Å². The van der Waals surface area contributed by atoms with Gasteiger partial charge in [0.2, 0.25) is 5.83 Å². The van der Waals surface area contributed by atoms with Crippen LogP contribution in [-0.4, -0.2) is 12.6 Å². The number of hydrogen-bond acceptors (Lipinski definition) is 3. The van der Waals surface area contributed by atoms with Crippen LogP contribution in [0.1, 0.15) is 12.5 Å². The van der Waals surface area contributed by atoms with Crippen LogP contribution in [0.15, 0.2) is 11.9 Å². The molecule has 0 saturated carbocycles. The molecule has 82 valence electrons. The zero-order chi connectivity index (χ0) is 11.4. The van der Waals surface area contributed by atoms with E-state index in [0.29, 0.717) is 14.2 Å². The van der Waals surface area contributed by atoms with Crippen LogP contribution in [0.4, 0.5) is 4.39 Å². The van der Waals surface area contributed by atoms with Crippen molar-refractivity contribution in [3.63, 3.8) is 0 Å². The van der Waals surface area contributed by atoms with Crippen LogP contribution in [0.3, 0.4) is 0 Å². The van der Waals surface area contributed by atoms with Crippen LogP contribution < -0.4 is 0 Å². The predicted molar refractivity (Wildman–Crippen MR) is 60.1 cm³/mol. The van der Waals surface area contributed by atoms with E-state index in [1.54, 1.807) is 6.92 Å². The van der Waals surface area contributed by atoms with E-state index in [0.717, 1.165) is 17.4 Å². The Hall–Kier alpha value is -0.580. The first-order chi connectivity index (χ1) is 7.04. The topological polar surface area (TPSA) is 26.3 Å². The molecule has 0 spiro atoms. The summed E-state index contributed by atoms with van der Waals surface area (Å²) >= 11 is 12.5. The van der Waals surface area contributed by atoms with Gasteiger partial charge in [0, 0.05) is 5.56 Å². The van der Waals surface area contributed by atoms with E-state index in [1.165, 1.54) is 6.07 Å². The molecule has 0 amide bonds. The Bertz CT molecular complexity index is 401. The van der Waals surface area contributed by atoms with Crippen LogP contribution >= 0.6 is 34.5 Å². The van der Waals surface area contributed by atoms with Crippen molar-refractivity contribution in [2.45, 2.75) is 6.92 Å². The van der Waals surface area contributed by atoms with Crippen molar-refractivity contribution in [2.75, 3.05) is 6.61 Å².